The largest absolute Gasteiger partial charge is 0.423 e. The van der Waals surface area contributed by atoms with Gasteiger partial charge in [-0.3, -0.25) is 4.79 Å². The maximum absolute atomic E-state index is 13.5. The summed E-state index contributed by atoms with van der Waals surface area (Å²) in [5, 5.41) is 1.57. The lowest BCUT2D eigenvalue weighted by Gasteiger charge is -2.30. The predicted molar refractivity (Wildman–Crippen MR) is 147 cm³/mol. The van der Waals surface area contributed by atoms with E-state index in [9.17, 15) is 14.4 Å². The average molecular weight is 523 g/mol. The van der Waals surface area contributed by atoms with Crippen LogP contribution in [0.4, 0.5) is 0 Å². The Morgan fingerprint density at radius 1 is 0.737 bits per heavy atom. The molecule has 0 aromatic heterocycles. The lowest BCUT2D eigenvalue weighted by Crippen LogP contribution is -2.22. The zero-order valence-corrected chi connectivity index (χ0v) is 21.6. The molecule has 6 heteroatoms. The molecule has 1 aliphatic rings. The molecular weight excluding hydrogens is 500 g/mol. The fourth-order valence-electron chi connectivity index (χ4n) is 4.70. The summed E-state index contributed by atoms with van der Waals surface area (Å²) in [5.74, 6) is -1.29. The molecule has 0 aliphatic heterocycles. The first kappa shape index (κ1) is 25.2. The SMILES string of the molecule is C=C(C)C(=O)Oc1cc(C2c3ccccc3C(=O)c3cc(Cl)ccc32)c(OC(=O)C(=C)C)c2ccccc12. The fraction of sp³-hybridized carbons (Fsp3) is 0.0938. The molecule has 0 spiro atoms. The van der Waals surface area contributed by atoms with Crippen molar-refractivity contribution in [2.45, 2.75) is 19.8 Å². The number of carbonyl (C=O) groups is 3. The number of benzene rings is 4. The maximum atomic E-state index is 13.5. The molecule has 5 nitrogen and oxygen atoms in total. The molecule has 188 valence electrons. The van der Waals surface area contributed by atoms with Crippen molar-refractivity contribution in [1.82, 2.24) is 0 Å². The number of fused-ring (bicyclic) bond motifs is 3. The predicted octanol–water partition coefficient (Wildman–Crippen LogP) is 7.18. The van der Waals surface area contributed by atoms with E-state index in [2.05, 4.69) is 13.2 Å². The van der Waals surface area contributed by atoms with Gasteiger partial charge in [-0.25, -0.2) is 9.59 Å². The highest BCUT2D eigenvalue weighted by Gasteiger charge is 2.35. The summed E-state index contributed by atoms with van der Waals surface area (Å²) < 4.78 is 11.7. The molecule has 0 fully saturated rings. The van der Waals surface area contributed by atoms with Gasteiger partial charge < -0.3 is 9.47 Å². The second kappa shape index (κ2) is 9.77. The quantitative estimate of drug-likeness (QED) is 0.139. The Balaban J connectivity index is 1.87. The van der Waals surface area contributed by atoms with E-state index in [0.717, 1.165) is 5.56 Å². The summed E-state index contributed by atoms with van der Waals surface area (Å²) in [7, 11) is 0. The highest BCUT2D eigenvalue weighted by molar-refractivity contribution is 6.31. The summed E-state index contributed by atoms with van der Waals surface area (Å²) in [6, 6.07) is 21.3. The number of carbonyl (C=O) groups excluding carboxylic acids is 3. The van der Waals surface area contributed by atoms with E-state index in [4.69, 9.17) is 21.1 Å². The summed E-state index contributed by atoms with van der Waals surface area (Å²) in [6.45, 7) is 10.6. The molecular formula is C32H23ClO5. The van der Waals surface area contributed by atoms with Crippen LogP contribution in [0.3, 0.4) is 0 Å². The topological polar surface area (TPSA) is 69.7 Å². The van der Waals surface area contributed by atoms with Crippen LogP contribution >= 0.6 is 11.6 Å². The number of rotatable bonds is 5. The minimum absolute atomic E-state index is 0.149. The number of esters is 2. The van der Waals surface area contributed by atoms with E-state index in [-0.39, 0.29) is 22.7 Å². The van der Waals surface area contributed by atoms with E-state index in [1.165, 1.54) is 0 Å². The van der Waals surface area contributed by atoms with Gasteiger partial charge in [0.25, 0.3) is 0 Å². The maximum Gasteiger partial charge on any atom is 0.338 e. The lowest BCUT2D eigenvalue weighted by molar-refractivity contribution is -0.131. The van der Waals surface area contributed by atoms with Crippen LogP contribution in [0, 0.1) is 0 Å². The molecule has 4 aromatic carbocycles. The van der Waals surface area contributed by atoms with E-state index < -0.39 is 17.9 Å². The molecule has 38 heavy (non-hydrogen) atoms. The summed E-state index contributed by atoms with van der Waals surface area (Å²) in [4.78, 5) is 38.9. The number of halogens is 1. The van der Waals surface area contributed by atoms with Gasteiger partial charge in [-0.1, -0.05) is 79.4 Å². The van der Waals surface area contributed by atoms with Crippen LogP contribution in [0.1, 0.15) is 52.4 Å². The first-order valence-corrected chi connectivity index (χ1v) is 12.3. The van der Waals surface area contributed by atoms with Gasteiger partial charge >= 0.3 is 11.9 Å². The smallest absolute Gasteiger partial charge is 0.338 e. The van der Waals surface area contributed by atoms with Gasteiger partial charge in [-0.2, -0.15) is 0 Å². The van der Waals surface area contributed by atoms with Crippen molar-refractivity contribution in [3.8, 4) is 11.5 Å². The lowest BCUT2D eigenvalue weighted by atomic mass is 9.73. The van der Waals surface area contributed by atoms with Crippen LogP contribution in [0.15, 0.2) is 97.1 Å². The van der Waals surface area contributed by atoms with Gasteiger partial charge in [0.05, 0.1) is 0 Å². The summed E-state index contributed by atoms with van der Waals surface area (Å²) in [5.41, 5.74) is 3.40. The number of ether oxygens (including phenoxy) is 2. The Kier molecular flexibility index (Phi) is 6.47. The van der Waals surface area contributed by atoms with Crippen molar-refractivity contribution >= 4 is 40.1 Å². The van der Waals surface area contributed by atoms with Crippen molar-refractivity contribution in [2.75, 3.05) is 0 Å². The number of ketones is 1. The van der Waals surface area contributed by atoms with Crippen molar-refractivity contribution < 1.29 is 23.9 Å². The van der Waals surface area contributed by atoms with Gasteiger partial charge in [-0.15, -0.1) is 0 Å². The zero-order chi connectivity index (χ0) is 27.1. The zero-order valence-electron chi connectivity index (χ0n) is 20.8. The van der Waals surface area contributed by atoms with Crippen LogP contribution < -0.4 is 9.47 Å². The molecule has 1 unspecified atom stereocenters. The van der Waals surface area contributed by atoms with Crippen molar-refractivity contribution in [3.63, 3.8) is 0 Å². The first-order valence-electron chi connectivity index (χ1n) is 11.9. The Morgan fingerprint density at radius 2 is 1.34 bits per heavy atom. The summed E-state index contributed by atoms with van der Waals surface area (Å²) in [6.07, 6.45) is 0. The number of hydrogen-bond acceptors (Lipinski definition) is 5. The Bertz CT molecular complexity index is 1700. The van der Waals surface area contributed by atoms with E-state index >= 15 is 0 Å². The molecule has 5 rings (SSSR count). The number of hydrogen-bond donors (Lipinski definition) is 0. The van der Waals surface area contributed by atoms with Gasteiger partial charge in [0.2, 0.25) is 0 Å². The molecule has 0 saturated heterocycles. The van der Waals surface area contributed by atoms with Crippen LogP contribution in [-0.4, -0.2) is 17.7 Å². The van der Waals surface area contributed by atoms with Crippen molar-refractivity contribution in [3.05, 3.63) is 130 Å². The van der Waals surface area contributed by atoms with Crippen LogP contribution in [-0.2, 0) is 9.59 Å². The van der Waals surface area contributed by atoms with Gasteiger partial charge in [0.15, 0.2) is 5.78 Å². The fourth-order valence-corrected chi connectivity index (χ4v) is 4.87. The minimum atomic E-state index is -0.598. The molecule has 4 aromatic rings. The second-order valence-corrected chi connectivity index (χ2v) is 9.70. The monoisotopic (exact) mass is 522 g/mol. The van der Waals surface area contributed by atoms with E-state index in [1.807, 2.05) is 12.1 Å². The van der Waals surface area contributed by atoms with Gasteiger partial charge in [-0.05, 0) is 43.2 Å². The molecule has 1 aliphatic carbocycles. The molecule has 0 bridgehead atoms. The molecule has 0 saturated carbocycles. The highest BCUT2D eigenvalue weighted by Crippen LogP contribution is 2.48. The van der Waals surface area contributed by atoms with Gasteiger partial charge in [0.1, 0.15) is 11.5 Å². The van der Waals surface area contributed by atoms with Crippen LogP contribution in [0.2, 0.25) is 5.02 Å². The van der Waals surface area contributed by atoms with Crippen molar-refractivity contribution in [1.29, 1.82) is 0 Å². The molecule has 0 radical (unpaired) electrons. The molecule has 0 amide bonds. The van der Waals surface area contributed by atoms with Crippen molar-refractivity contribution in [2.24, 2.45) is 0 Å². The highest BCUT2D eigenvalue weighted by atomic mass is 35.5. The van der Waals surface area contributed by atoms with E-state index in [1.54, 1.807) is 74.5 Å². The molecule has 0 heterocycles. The molecule has 0 N–H and O–H groups in total. The molecule has 1 atom stereocenters. The third-order valence-electron chi connectivity index (χ3n) is 6.48. The standard InChI is InChI=1S/C32H23ClO5/c1-17(2)31(35)37-27-16-26(30(38-32(36)18(3)4)24-12-8-5-9-20(24)27)28-21-10-6-7-11-23(21)29(34)25-15-19(33)13-14-22(25)28/h5-16,28H,1,3H2,2,4H3. The van der Waals surface area contributed by atoms with Crippen LogP contribution in [0.5, 0.6) is 11.5 Å². The first-order chi connectivity index (χ1) is 18.2. The van der Waals surface area contributed by atoms with E-state index in [0.29, 0.717) is 43.8 Å². The average Bonchev–Trinajstić information content (AvgIpc) is 2.90. The second-order valence-electron chi connectivity index (χ2n) is 9.26. The third kappa shape index (κ3) is 4.31. The Labute approximate surface area is 225 Å². The van der Waals surface area contributed by atoms with Gasteiger partial charge in [0, 0.05) is 49.5 Å². The Hall–Kier alpha value is -4.48. The third-order valence-corrected chi connectivity index (χ3v) is 6.71. The summed E-state index contributed by atoms with van der Waals surface area (Å²) >= 11 is 6.29. The minimum Gasteiger partial charge on any atom is -0.423 e. The normalized spacial score (nSPS) is 13.9. The Morgan fingerprint density at radius 3 is 2.05 bits per heavy atom. The van der Waals surface area contributed by atoms with Crippen LogP contribution in [0.25, 0.3) is 10.8 Å².